The van der Waals surface area contributed by atoms with E-state index in [2.05, 4.69) is 17.6 Å². The van der Waals surface area contributed by atoms with Crippen molar-refractivity contribution in [2.24, 2.45) is 0 Å². The third-order valence-electron chi connectivity index (χ3n) is 4.42. The Morgan fingerprint density at radius 2 is 1.92 bits per heavy atom. The fourth-order valence-electron chi connectivity index (χ4n) is 2.86. The standard InChI is InChI=1S/C19H30N2O3/c1-2-3-14-24-18-10-4-15(5-11-18)12-13-20-19(23)21-16-6-8-17(22)9-7-16/h4-5,10-11,16-17,22H,2-3,6-9,12-14H2,1H3,(H2,20,21,23). The molecule has 0 unspecified atom stereocenters. The van der Waals surface area contributed by atoms with Crippen molar-refractivity contribution in [1.82, 2.24) is 10.6 Å². The molecule has 0 atom stereocenters. The summed E-state index contributed by atoms with van der Waals surface area (Å²) in [4.78, 5) is 11.9. The van der Waals surface area contributed by atoms with Gasteiger partial charge in [-0.05, 0) is 56.2 Å². The highest BCUT2D eigenvalue weighted by Gasteiger charge is 2.20. The summed E-state index contributed by atoms with van der Waals surface area (Å²) in [5.74, 6) is 0.900. The van der Waals surface area contributed by atoms with Gasteiger partial charge >= 0.3 is 6.03 Å². The zero-order valence-corrected chi connectivity index (χ0v) is 14.6. The first kappa shape index (κ1) is 18.6. The maximum Gasteiger partial charge on any atom is 0.315 e. The van der Waals surface area contributed by atoms with Crippen LogP contribution >= 0.6 is 0 Å². The Morgan fingerprint density at radius 3 is 2.58 bits per heavy atom. The third kappa shape index (κ3) is 6.79. The predicted octanol–water partition coefficient (Wildman–Crippen LogP) is 3.01. The Hall–Kier alpha value is -1.75. The molecule has 134 valence electrons. The van der Waals surface area contributed by atoms with E-state index < -0.39 is 0 Å². The van der Waals surface area contributed by atoms with Crippen molar-refractivity contribution in [3.63, 3.8) is 0 Å². The van der Waals surface area contributed by atoms with Crippen molar-refractivity contribution < 1.29 is 14.6 Å². The lowest BCUT2D eigenvalue weighted by Gasteiger charge is -2.26. The molecule has 2 amide bonds. The molecule has 1 aliphatic carbocycles. The van der Waals surface area contributed by atoms with Crippen molar-refractivity contribution >= 4 is 6.03 Å². The highest BCUT2D eigenvalue weighted by molar-refractivity contribution is 5.74. The van der Waals surface area contributed by atoms with Crippen molar-refractivity contribution in [3.05, 3.63) is 29.8 Å². The maximum absolute atomic E-state index is 11.9. The number of amides is 2. The summed E-state index contributed by atoms with van der Waals surface area (Å²) in [5.41, 5.74) is 1.18. The van der Waals surface area contributed by atoms with E-state index in [1.165, 1.54) is 5.56 Å². The molecule has 1 fully saturated rings. The number of benzene rings is 1. The molecule has 0 radical (unpaired) electrons. The number of carbonyl (C=O) groups excluding carboxylic acids is 1. The number of ether oxygens (including phenoxy) is 1. The molecule has 5 nitrogen and oxygen atoms in total. The third-order valence-corrected chi connectivity index (χ3v) is 4.42. The summed E-state index contributed by atoms with van der Waals surface area (Å²) >= 11 is 0. The quantitative estimate of drug-likeness (QED) is 0.640. The van der Waals surface area contributed by atoms with E-state index in [1.54, 1.807) is 0 Å². The number of hydrogen-bond donors (Lipinski definition) is 3. The molecular formula is C19H30N2O3. The minimum atomic E-state index is -0.194. The van der Waals surface area contributed by atoms with Crippen LogP contribution in [0.1, 0.15) is 51.0 Å². The average molecular weight is 334 g/mol. The molecule has 1 aliphatic rings. The SMILES string of the molecule is CCCCOc1ccc(CCNC(=O)NC2CCC(O)CC2)cc1. The van der Waals surface area contributed by atoms with Crippen molar-refractivity contribution in [3.8, 4) is 5.75 Å². The summed E-state index contributed by atoms with van der Waals surface area (Å²) in [6.45, 7) is 3.51. The molecule has 0 aromatic heterocycles. The van der Waals surface area contributed by atoms with Crippen molar-refractivity contribution in [2.45, 2.75) is 64.0 Å². The topological polar surface area (TPSA) is 70.6 Å². The van der Waals surface area contributed by atoms with Gasteiger partial charge in [0.2, 0.25) is 0 Å². The van der Waals surface area contributed by atoms with Gasteiger partial charge in [-0.15, -0.1) is 0 Å². The lowest BCUT2D eigenvalue weighted by molar-refractivity contribution is 0.117. The van der Waals surface area contributed by atoms with E-state index in [1.807, 2.05) is 24.3 Å². The highest BCUT2D eigenvalue weighted by atomic mass is 16.5. The van der Waals surface area contributed by atoms with Gasteiger partial charge in [0, 0.05) is 12.6 Å². The molecule has 1 aromatic carbocycles. The number of carbonyl (C=O) groups is 1. The number of rotatable bonds is 8. The minimum absolute atomic E-state index is 0.115. The van der Waals surface area contributed by atoms with E-state index in [9.17, 15) is 9.90 Å². The molecule has 2 rings (SSSR count). The molecule has 1 aromatic rings. The van der Waals surface area contributed by atoms with E-state index in [0.717, 1.165) is 57.3 Å². The second-order valence-corrected chi connectivity index (χ2v) is 6.50. The van der Waals surface area contributed by atoms with E-state index in [-0.39, 0.29) is 18.2 Å². The van der Waals surface area contributed by atoms with Crippen LogP contribution in [0.2, 0.25) is 0 Å². The molecule has 0 saturated heterocycles. The number of aliphatic hydroxyl groups is 1. The molecule has 3 N–H and O–H groups in total. The van der Waals surface area contributed by atoms with Gasteiger partial charge in [0.1, 0.15) is 5.75 Å². The number of nitrogens with one attached hydrogen (secondary N) is 2. The van der Waals surface area contributed by atoms with Crippen LogP contribution in [0.3, 0.4) is 0 Å². The number of hydrogen-bond acceptors (Lipinski definition) is 3. The van der Waals surface area contributed by atoms with Crippen LogP contribution in [0.15, 0.2) is 24.3 Å². The molecule has 0 aliphatic heterocycles. The lowest BCUT2D eigenvalue weighted by Crippen LogP contribution is -2.44. The first-order chi connectivity index (χ1) is 11.7. The maximum atomic E-state index is 11.9. The van der Waals surface area contributed by atoms with Crippen molar-refractivity contribution in [2.75, 3.05) is 13.2 Å². The van der Waals surface area contributed by atoms with Crippen LogP contribution < -0.4 is 15.4 Å². The molecule has 24 heavy (non-hydrogen) atoms. The summed E-state index contributed by atoms with van der Waals surface area (Å²) in [7, 11) is 0. The fourth-order valence-corrected chi connectivity index (χ4v) is 2.86. The summed E-state index contributed by atoms with van der Waals surface area (Å²) in [5, 5.41) is 15.4. The van der Waals surface area contributed by atoms with Crippen molar-refractivity contribution in [1.29, 1.82) is 0 Å². The number of aliphatic hydroxyl groups excluding tert-OH is 1. The highest BCUT2D eigenvalue weighted by Crippen LogP contribution is 2.18. The molecule has 0 bridgehead atoms. The normalized spacial score (nSPS) is 20.4. The lowest BCUT2D eigenvalue weighted by atomic mass is 9.93. The van der Waals surface area contributed by atoms with E-state index in [0.29, 0.717) is 6.54 Å². The Bertz CT molecular complexity index is 482. The van der Waals surface area contributed by atoms with Gasteiger partial charge in [-0.3, -0.25) is 0 Å². The van der Waals surface area contributed by atoms with Gasteiger partial charge in [-0.1, -0.05) is 25.5 Å². The van der Waals surface area contributed by atoms with Gasteiger partial charge < -0.3 is 20.5 Å². The Morgan fingerprint density at radius 1 is 1.21 bits per heavy atom. The van der Waals surface area contributed by atoms with Crippen LogP contribution in [-0.4, -0.2) is 36.4 Å². The minimum Gasteiger partial charge on any atom is -0.494 e. The van der Waals surface area contributed by atoms with Gasteiger partial charge in [-0.25, -0.2) is 4.79 Å². The van der Waals surface area contributed by atoms with Gasteiger partial charge in [0.25, 0.3) is 0 Å². The first-order valence-corrected chi connectivity index (χ1v) is 9.11. The molecule has 0 heterocycles. The van der Waals surface area contributed by atoms with Crippen LogP contribution in [0, 0.1) is 0 Å². The largest absolute Gasteiger partial charge is 0.494 e. The predicted molar refractivity (Wildman–Crippen MR) is 95.3 cm³/mol. The van der Waals surface area contributed by atoms with Crippen LogP contribution in [0.5, 0.6) is 5.75 Å². The second kappa shape index (κ2) is 10.2. The summed E-state index contributed by atoms with van der Waals surface area (Å²) in [6, 6.07) is 8.13. The smallest absolute Gasteiger partial charge is 0.315 e. The summed E-state index contributed by atoms with van der Waals surface area (Å²) < 4.78 is 5.64. The number of unbranched alkanes of at least 4 members (excludes halogenated alkanes) is 1. The Balaban J connectivity index is 1.61. The fraction of sp³-hybridized carbons (Fsp3) is 0.632. The average Bonchev–Trinajstić information content (AvgIpc) is 2.59. The van der Waals surface area contributed by atoms with E-state index >= 15 is 0 Å². The Kier molecular flexibility index (Phi) is 7.89. The molecule has 0 spiro atoms. The zero-order valence-electron chi connectivity index (χ0n) is 14.6. The van der Waals surface area contributed by atoms with Gasteiger partial charge in [0.05, 0.1) is 12.7 Å². The van der Waals surface area contributed by atoms with Crippen LogP contribution in [-0.2, 0) is 6.42 Å². The molecule has 1 saturated carbocycles. The molecular weight excluding hydrogens is 304 g/mol. The summed E-state index contributed by atoms with van der Waals surface area (Å²) in [6.07, 6.45) is 6.07. The number of urea groups is 1. The van der Waals surface area contributed by atoms with Crippen LogP contribution in [0.25, 0.3) is 0 Å². The van der Waals surface area contributed by atoms with Gasteiger partial charge in [0.15, 0.2) is 0 Å². The van der Waals surface area contributed by atoms with Crippen LogP contribution in [0.4, 0.5) is 4.79 Å². The second-order valence-electron chi connectivity index (χ2n) is 6.50. The monoisotopic (exact) mass is 334 g/mol. The van der Waals surface area contributed by atoms with E-state index in [4.69, 9.17) is 4.74 Å². The Labute approximate surface area is 144 Å². The zero-order chi connectivity index (χ0) is 17.2. The van der Waals surface area contributed by atoms with Gasteiger partial charge in [-0.2, -0.15) is 0 Å². The first-order valence-electron chi connectivity index (χ1n) is 9.11. The molecule has 5 heteroatoms.